The lowest BCUT2D eigenvalue weighted by Crippen LogP contribution is -2.46. The van der Waals surface area contributed by atoms with Crippen molar-refractivity contribution in [3.63, 3.8) is 0 Å². The average molecular weight is 409 g/mol. The predicted octanol–water partition coefficient (Wildman–Crippen LogP) is 5.10. The summed E-state index contributed by atoms with van der Waals surface area (Å²) in [6.45, 7) is 3.66. The van der Waals surface area contributed by atoms with Crippen molar-refractivity contribution in [2.24, 2.45) is 0 Å². The number of halogens is 2. The fourth-order valence-corrected chi connectivity index (χ4v) is 4.10. The molecule has 2 amide bonds. The first kappa shape index (κ1) is 20.0. The van der Waals surface area contributed by atoms with Gasteiger partial charge in [0, 0.05) is 35.0 Å². The van der Waals surface area contributed by atoms with Crippen molar-refractivity contribution in [2.45, 2.75) is 58.2 Å². The van der Waals surface area contributed by atoms with Gasteiger partial charge in [-0.15, -0.1) is 0 Å². The van der Waals surface area contributed by atoms with E-state index >= 15 is 0 Å². The quantitative estimate of drug-likeness (QED) is 0.722. The van der Waals surface area contributed by atoms with Gasteiger partial charge in [0.1, 0.15) is 5.82 Å². The zero-order valence-corrected chi connectivity index (χ0v) is 17.1. The summed E-state index contributed by atoms with van der Waals surface area (Å²) in [6.07, 6.45) is 9.42. The number of hydrogen-bond acceptors (Lipinski definition) is 2. The summed E-state index contributed by atoms with van der Waals surface area (Å²) in [7, 11) is 0. The van der Waals surface area contributed by atoms with E-state index in [-0.39, 0.29) is 12.1 Å². The molecule has 0 unspecified atom stereocenters. The van der Waals surface area contributed by atoms with E-state index in [1.54, 1.807) is 12.3 Å². The lowest BCUT2D eigenvalue weighted by atomic mass is 9.94. The van der Waals surface area contributed by atoms with Gasteiger partial charge in [0.05, 0.1) is 13.1 Å². The van der Waals surface area contributed by atoms with E-state index in [0.29, 0.717) is 29.7 Å². The number of hydrogen-bond donors (Lipinski definition) is 1. The number of urea groups is 1. The average Bonchev–Trinajstić information content (AvgIpc) is 3.09. The zero-order chi connectivity index (χ0) is 19.2. The molecule has 0 saturated heterocycles. The van der Waals surface area contributed by atoms with Crippen molar-refractivity contribution in [2.75, 3.05) is 6.54 Å². The van der Waals surface area contributed by atoms with Gasteiger partial charge < -0.3 is 14.8 Å². The molecule has 5 nitrogen and oxygen atoms in total. The van der Waals surface area contributed by atoms with Crippen LogP contribution >= 0.6 is 23.2 Å². The standard InChI is InChI=1S/C20H26Cl2N4O/c1-2-23-20(27)26(17-6-4-3-5-7-17)14-19-24-10-11-25(19)13-15-8-9-16(21)12-18(15)22/h8-12,17H,2-7,13-14H2,1H3,(H,23,27). The number of rotatable bonds is 6. The van der Waals surface area contributed by atoms with Gasteiger partial charge in [0.15, 0.2) is 0 Å². The molecule has 1 aliphatic rings. The molecule has 0 atom stereocenters. The molecule has 1 aliphatic carbocycles. The summed E-state index contributed by atoms with van der Waals surface area (Å²) in [5.41, 5.74) is 0.975. The summed E-state index contributed by atoms with van der Waals surface area (Å²) in [5.74, 6) is 0.859. The summed E-state index contributed by atoms with van der Waals surface area (Å²) in [6, 6.07) is 5.77. The topological polar surface area (TPSA) is 50.2 Å². The van der Waals surface area contributed by atoms with Crippen LogP contribution in [-0.4, -0.2) is 33.1 Å². The molecule has 3 rings (SSSR count). The Hall–Kier alpha value is -1.72. The van der Waals surface area contributed by atoms with Gasteiger partial charge in [-0.05, 0) is 37.5 Å². The third-order valence-corrected chi connectivity index (χ3v) is 5.66. The van der Waals surface area contributed by atoms with Gasteiger partial charge in [-0.1, -0.05) is 48.5 Å². The molecule has 1 N–H and O–H groups in total. The summed E-state index contributed by atoms with van der Waals surface area (Å²) >= 11 is 12.3. The van der Waals surface area contributed by atoms with Gasteiger partial charge in [0.25, 0.3) is 0 Å². The highest BCUT2D eigenvalue weighted by Gasteiger charge is 2.26. The predicted molar refractivity (Wildman–Crippen MR) is 109 cm³/mol. The van der Waals surface area contributed by atoms with Crippen LogP contribution in [0, 0.1) is 0 Å². The molecular weight excluding hydrogens is 383 g/mol. The molecule has 1 heterocycles. The fraction of sp³-hybridized carbons (Fsp3) is 0.500. The minimum absolute atomic E-state index is 0.0107. The molecule has 2 aromatic rings. The van der Waals surface area contributed by atoms with Crippen molar-refractivity contribution < 1.29 is 4.79 Å². The largest absolute Gasteiger partial charge is 0.338 e. The van der Waals surface area contributed by atoms with Crippen molar-refractivity contribution in [1.82, 2.24) is 19.8 Å². The van der Waals surface area contributed by atoms with E-state index in [9.17, 15) is 4.79 Å². The van der Waals surface area contributed by atoms with Crippen LogP contribution in [-0.2, 0) is 13.1 Å². The van der Waals surface area contributed by atoms with Gasteiger partial charge >= 0.3 is 6.03 Å². The van der Waals surface area contributed by atoms with Crippen LogP contribution in [0.4, 0.5) is 4.79 Å². The van der Waals surface area contributed by atoms with Crippen LogP contribution in [0.2, 0.25) is 10.0 Å². The van der Waals surface area contributed by atoms with Crippen LogP contribution in [0.25, 0.3) is 0 Å². The third-order valence-electron chi connectivity index (χ3n) is 5.07. The number of carbonyl (C=O) groups is 1. The number of imidazole rings is 1. The normalized spacial score (nSPS) is 14.9. The number of carbonyl (C=O) groups excluding carboxylic acids is 1. The lowest BCUT2D eigenvalue weighted by Gasteiger charge is -2.34. The van der Waals surface area contributed by atoms with Crippen molar-refractivity contribution >= 4 is 29.2 Å². The van der Waals surface area contributed by atoms with Crippen LogP contribution in [0.5, 0.6) is 0 Å². The van der Waals surface area contributed by atoms with Crippen LogP contribution in [0.3, 0.4) is 0 Å². The highest BCUT2D eigenvalue weighted by molar-refractivity contribution is 6.35. The first-order valence-corrected chi connectivity index (χ1v) is 10.3. The molecule has 146 valence electrons. The van der Waals surface area contributed by atoms with Crippen molar-refractivity contribution in [3.05, 3.63) is 52.0 Å². The second kappa shape index (κ2) is 9.47. The first-order valence-electron chi connectivity index (χ1n) is 9.57. The second-order valence-electron chi connectivity index (χ2n) is 6.96. The molecule has 1 aromatic heterocycles. The molecule has 1 fully saturated rings. The van der Waals surface area contributed by atoms with Gasteiger partial charge in [-0.25, -0.2) is 9.78 Å². The summed E-state index contributed by atoms with van der Waals surface area (Å²) in [5, 5.41) is 4.21. The Balaban J connectivity index is 1.78. The van der Waals surface area contributed by atoms with Crippen molar-refractivity contribution in [1.29, 1.82) is 0 Å². The summed E-state index contributed by atoms with van der Waals surface area (Å²) in [4.78, 5) is 19.1. The molecule has 0 bridgehead atoms. The minimum Gasteiger partial charge on any atom is -0.338 e. The van der Waals surface area contributed by atoms with Gasteiger partial charge in [-0.3, -0.25) is 0 Å². The second-order valence-corrected chi connectivity index (χ2v) is 7.81. The number of nitrogens with zero attached hydrogens (tertiary/aromatic N) is 3. The number of amides is 2. The van der Waals surface area contributed by atoms with E-state index in [2.05, 4.69) is 10.3 Å². The highest BCUT2D eigenvalue weighted by atomic mass is 35.5. The Kier molecular flexibility index (Phi) is 7.02. The maximum atomic E-state index is 12.7. The Morgan fingerprint density at radius 1 is 1.30 bits per heavy atom. The molecule has 7 heteroatoms. The Morgan fingerprint density at radius 2 is 2.07 bits per heavy atom. The molecular formula is C20H26Cl2N4O. The van der Waals surface area contributed by atoms with E-state index in [1.165, 1.54) is 19.3 Å². The first-order chi connectivity index (χ1) is 13.1. The fourth-order valence-electron chi connectivity index (χ4n) is 3.63. The molecule has 1 aromatic carbocycles. The molecule has 0 aliphatic heterocycles. The molecule has 0 spiro atoms. The van der Waals surface area contributed by atoms with Gasteiger partial charge in [-0.2, -0.15) is 0 Å². The monoisotopic (exact) mass is 408 g/mol. The molecule has 27 heavy (non-hydrogen) atoms. The Morgan fingerprint density at radius 3 is 2.78 bits per heavy atom. The van der Waals surface area contributed by atoms with Crippen LogP contribution in [0.15, 0.2) is 30.6 Å². The van der Waals surface area contributed by atoms with E-state index in [1.807, 2.05) is 34.7 Å². The van der Waals surface area contributed by atoms with Crippen molar-refractivity contribution in [3.8, 4) is 0 Å². The maximum Gasteiger partial charge on any atom is 0.318 e. The van der Waals surface area contributed by atoms with E-state index < -0.39 is 0 Å². The third kappa shape index (κ3) is 5.17. The molecule has 0 radical (unpaired) electrons. The Labute approximate surface area is 170 Å². The number of aromatic nitrogens is 2. The number of benzene rings is 1. The SMILES string of the molecule is CCNC(=O)N(Cc1nccn1Cc1ccc(Cl)cc1Cl)C1CCCCC1. The maximum absolute atomic E-state index is 12.7. The zero-order valence-electron chi connectivity index (χ0n) is 15.6. The molecule has 1 saturated carbocycles. The minimum atomic E-state index is -0.0107. The summed E-state index contributed by atoms with van der Waals surface area (Å²) < 4.78 is 2.05. The van der Waals surface area contributed by atoms with Crippen LogP contribution in [0.1, 0.15) is 50.4 Å². The number of nitrogens with one attached hydrogen (secondary N) is 1. The van der Waals surface area contributed by atoms with E-state index in [4.69, 9.17) is 23.2 Å². The van der Waals surface area contributed by atoms with E-state index in [0.717, 1.165) is 24.2 Å². The van der Waals surface area contributed by atoms with Crippen LogP contribution < -0.4 is 5.32 Å². The van der Waals surface area contributed by atoms with Gasteiger partial charge in [0.2, 0.25) is 0 Å². The lowest BCUT2D eigenvalue weighted by molar-refractivity contribution is 0.148. The smallest absolute Gasteiger partial charge is 0.318 e. The highest BCUT2D eigenvalue weighted by Crippen LogP contribution is 2.25. The Bertz CT molecular complexity index is 771.